The van der Waals surface area contributed by atoms with Crippen molar-refractivity contribution < 1.29 is 4.79 Å². The summed E-state index contributed by atoms with van der Waals surface area (Å²) in [6, 6.07) is 0.549. The smallest absolute Gasteiger partial charge is 0.236 e. The molecular weight excluding hydrogens is 230 g/mol. The maximum absolute atomic E-state index is 11.8. The molecule has 1 saturated carbocycles. The minimum atomic E-state index is 0.0917. The molecule has 2 aliphatic rings. The Balaban J connectivity index is 2.01. The van der Waals surface area contributed by atoms with Gasteiger partial charge in [-0.25, -0.2) is 0 Å². The van der Waals surface area contributed by atoms with E-state index in [1.54, 1.807) is 0 Å². The van der Waals surface area contributed by atoms with Gasteiger partial charge in [-0.1, -0.05) is 22.9 Å². The van der Waals surface area contributed by atoms with Gasteiger partial charge in [0.2, 0.25) is 5.91 Å². The first-order valence-corrected chi connectivity index (χ1v) is 6.06. The van der Waals surface area contributed by atoms with Crippen molar-refractivity contribution in [3.63, 3.8) is 0 Å². The molecule has 13 heavy (non-hydrogen) atoms. The molecule has 0 N–H and O–H groups in total. The van der Waals surface area contributed by atoms with Crippen LogP contribution in [-0.4, -0.2) is 28.2 Å². The van der Waals surface area contributed by atoms with Gasteiger partial charge in [-0.3, -0.25) is 4.79 Å². The molecule has 2 rings (SSSR count). The van der Waals surface area contributed by atoms with Gasteiger partial charge in [-0.2, -0.15) is 0 Å². The van der Waals surface area contributed by atoms with Crippen molar-refractivity contribution in [1.29, 1.82) is 0 Å². The molecule has 0 bridgehead atoms. The van der Waals surface area contributed by atoms with Crippen LogP contribution in [0.5, 0.6) is 0 Å². The summed E-state index contributed by atoms with van der Waals surface area (Å²) in [4.78, 5) is 14.0. The second kappa shape index (κ2) is 3.60. The number of carbonyl (C=O) groups is 1. The second-order valence-corrected chi connectivity index (χ2v) is 5.37. The van der Waals surface area contributed by atoms with Crippen LogP contribution in [0.4, 0.5) is 0 Å². The zero-order valence-electron chi connectivity index (χ0n) is 8.00. The van der Waals surface area contributed by atoms with Crippen molar-refractivity contribution in [2.45, 2.75) is 43.5 Å². The number of nitrogens with zero attached hydrogens (tertiary/aromatic N) is 1. The molecule has 3 heteroatoms. The third-order valence-corrected chi connectivity index (χ3v) is 4.23. The van der Waals surface area contributed by atoms with Gasteiger partial charge in [0.05, 0.1) is 4.83 Å². The van der Waals surface area contributed by atoms with Gasteiger partial charge in [-0.05, 0) is 31.6 Å². The van der Waals surface area contributed by atoms with Crippen molar-refractivity contribution in [2.75, 3.05) is 6.54 Å². The van der Waals surface area contributed by atoms with E-state index >= 15 is 0 Å². The number of amides is 1. The SMILES string of the molecule is CC1CCC1N1CCCC(Br)C1=O. The Kier molecular flexibility index (Phi) is 2.63. The predicted molar refractivity (Wildman–Crippen MR) is 55.8 cm³/mol. The Bertz CT molecular complexity index is 219. The van der Waals surface area contributed by atoms with Crippen LogP contribution < -0.4 is 0 Å². The van der Waals surface area contributed by atoms with Crippen molar-refractivity contribution >= 4 is 21.8 Å². The monoisotopic (exact) mass is 245 g/mol. The lowest BCUT2D eigenvalue weighted by atomic mass is 9.79. The number of carbonyl (C=O) groups excluding carboxylic acids is 1. The molecule has 74 valence electrons. The molecule has 3 unspecified atom stereocenters. The largest absolute Gasteiger partial charge is 0.338 e. The van der Waals surface area contributed by atoms with Crippen LogP contribution in [0.25, 0.3) is 0 Å². The average molecular weight is 246 g/mol. The zero-order valence-corrected chi connectivity index (χ0v) is 9.59. The summed E-state index contributed by atoms with van der Waals surface area (Å²) in [5.74, 6) is 1.05. The number of likely N-dealkylation sites (tertiary alicyclic amines) is 1. The van der Waals surface area contributed by atoms with E-state index in [1.807, 2.05) is 0 Å². The minimum absolute atomic E-state index is 0.0917. The van der Waals surface area contributed by atoms with Gasteiger partial charge < -0.3 is 4.90 Å². The van der Waals surface area contributed by atoms with Gasteiger partial charge in [0.25, 0.3) is 0 Å². The fraction of sp³-hybridized carbons (Fsp3) is 0.900. The summed E-state index contributed by atoms with van der Waals surface area (Å²) >= 11 is 3.44. The van der Waals surface area contributed by atoms with Crippen molar-refractivity contribution in [2.24, 2.45) is 5.92 Å². The molecule has 2 nitrogen and oxygen atoms in total. The van der Waals surface area contributed by atoms with Crippen LogP contribution in [0.3, 0.4) is 0 Å². The molecule has 1 heterocycles. The molecule has 1 aliphatic carbocycles. The maximum atomic E-state index is 11.8. The lowest BCUT2D eigenvalue weighted by molar-refractivity contribution is -0.138. The van der Waals surface area contributed by atoms with Crippen LogP contribution in [-0.2, 0) is 4.79 Å². The van der Waals surface area contributed by atoms with Crippen LogP contribution in [0.2, 0.25) is 0 Å². The van der Waals surface area contributed by atoms with Crippen LogP contribution in [0, 0.1) is 5.92 Å². The molecule has 1 aliphatic heterocycles. The zero-order chi connectivity index (χ0) is 9.42. The predicted octanol–water partition coefficient (Wildman–Crippen LogP) is 2.17. The number of rotatable bonds is 1. The highest BCUT2D eigenvalue weighted by Crippen LogP contribution is 2.34. The van der Waals surface area contributed by atoms with Crippen LogP contribution in [0.15, 0.2) is 0 Å². The van der Waals surface area contributed by atoms with E-state index in [2.05, 4.69) is 27.8 Å². The van der Waals surface area contributed by atoms with Crippen LogP contribution in [0.1, 0.15) is 32.6 Å². The highest BCUT2D eigenvalue weighted by atomic mass is 79.9. The number of hydrogen-bond donors (Lipinski definition) is 0. The Morgan fingerprint density at radius 2 is 2.15 bits per heavy atom. The molecule has 1 saturated heterocycles. The fourth-order valence-electron chi connectivity index (χ4n) is 2.30. The van der Waals surface area contributed by atoms with Gasteiger partial charge in [-0.15, -0.1) is 0 Å². The van der Waals surface area contributed by atoms with E-state index in [0.717, 1.165) is 25.3 Å². The van der Waals surface area contributed by atoms with E-state index in [-0.39, 0.29) is 4.83 Å². The molecule has 0 aromatic carbocycles. The summed E-state index contributed by atoms with van der Waals surface area (Å²) in [5.41, 5.74) is 0. The number of alkyl halides is 1. The maximum Gasteiger partial charge on any atom is 0.236 e. The minimum Gasteiger partial charge on any atom is -0.338 e. The average Bonchev–Trinajstić information content (AvgIpc) is 2.10. The van der Waals surface area contributed by atoms with E-state index in [0.29, 0.717) is 11.9 Å². The normalized spacial score (nSPS) is 40.3. The number of halogens is 1. The Hall–Kier alpha value is -0.0500. The number of piperidine rings is 1. The second-order valence-electron chi connectivity index (χ2n) is 4.26. The lowest BCUT2D eigenvalue weighted by Gasteiger charge is -2.45. The summed E-state index contributed by atoms with van der Waals surface area (Å²) in [5, 5.41) is 0. The van der Waals surface area contributed by atoms with E-state index in [4.69, 9.17) is 0 Å². The Labute approximate surface area is 87.8 Å². The molecular formula is C10H16BrNO. The van der Waals surface area contributed by atoms with Crippen molar-refractivity contribution in [1.82, 2.24) is 4.90 Å². The first-order valence-electron chi connectivity index (χ1n) is 5.14. The van der Waals surface area contributed by atoms with Gasteiger partial charge in [0.1, 0.15) is 0 Å². The third kappa shape index (κ3) is 1.63. The first-order chi connectivity index (χ1) is 6.20. The third-order valence-electron chi connectivity index (χ3n) is 3.38. The summed E-state index contributed by atoms with van der Waals surface area (Å²) in [7, 11) is 0. The van der Waals surface area contributed by atoms with Gasteiger partial charge in [0.15, 0.2) is 0 Å². The standard InChI is InChI=1S/C10H16BrNO/c1-7-4-5-9(7)12-6-2-3-8(11)10(12)13/h7-9H,2-6H2,1H3. The van der Waals surface area contributed by atoms with Crippen molar-refractivity contribution in [3.8, 4) is 0 Å². The fourth-order valence-corrected chi connectivity index (χ4v) is 2.88. The van der Waals surface area contributed by atoms with Crippen molar-refractivity contribution in [3.05, 3.63) is 0 Å². The molecule has 0 spiro atoms. The van der Waals surface area contributed by atoms with E-state index in [9.17, 15) is 4.79 Å². The van der Waals surface area contributed by atoms with Gasteiger partial charge >= 0.3 is 0 Å². The topological polar surface area (TPSA) is 20.3 Å². The summed E-state index contributed by atoms with van der Waals surface area (Å²) < 4.78 is 0. The van der Waals surface area contributed by atoms with Gasteiger partial charge in [0, 0.05) is 12.6 Å². The Morgan fingerprint density at radius 1 is 1.38 bits per heavy atom. The number of hydrogen-bond acceptors (Lipinski definition) is 1. The molecule has 2 fully saturated rings. The molecule has 3 atom stereocenters. The molecule has 0 aromatic rings. The highest BCUT2D eigenvalue weighted by molar-refractivity contribution is 9.10. The first kappa shape index (κ1) is 9.50. The summed E-state index contributed by atoms with van der Waals surface area (Å²) in [6.07, 6.45) is 4.68. The van der Waals surface area contributed by atoms with Crippen LogP contribution >= 0.6 is 15.9 Å². The quantitative estimate of drug-likeness (QED) is 0.649. The van der Waals surface area contributed by atoms with E-state index < -0.39 is 0 Å². The molecule has 0 radical (unpaired) electrons. The molecule has 1 amide bonds. The molecule has 0 aromatic heterocycles. The Morgan fingerprint density at radius 3 is 2.69 bits per heavy atom. The lowest BCUT2D eigenvalue weighted by Crippen LogP contribution is -2.53. The van der Waals surface area contributed by atoms with E-state index in [1.165, 1.54) is 12.8 Å². The summed E-state index contributed by atoms with van der Waals surface area (Å²) in [6.45, 7) is 3.23. The highest BCUT2D eigenvalue weighted by Gasteiger charge is 2.38.